The molecule has 7 nitrogen and oxygen atoms in total. The van der Waals surface area contributed by atoms with Gasteiger partial charge in [-0.15, -0.1) is 0 Å². The number of hydrogen-bond acceptors (Lipinski definition) is 5. The highest BCUT2D eigenvalue weighted by Crippen LogP contribution is 2.32. The molecule has 8 heteroatoms. The molecule has 2 aliphatic rings. The molecular formula is C31H27N5O2S. The van der Waals surface area contributed by atoms with Gasteiger partial charge in [-0.3, -0.25) is 10.2 Å². The molecule has 1 N–H and O–H groups in total. The second kappa shape index (κ2) is 10.0. The third-order valence-electron chi connectivity index (χ3n) is 6.67. The van der Waals surface area contributed by atoms with Gasteiger partial charge in [0.05, 0.1) is 12.1 Å². The summed E-state index contributed by atoms with van der Waals surface area (Å²) in [5, 5.41) is 17.0. The minimum atomic E-state index is -0.436. The molecule has 0 fully saturated rings. The fourth-order valence-electron chi connectivity index (χ4n) is 4.81. The van der Waals surface area contributed by atoms with Crippen molar-refractivity contribution in [3.05, 3.63) is 106 Å². The van der Waals surface area contributed by atoms with Gasteiger partial charge in [-0.2, -0.15) is 15.1 Å². The Hall–Kier alpha value is -4.43. The van der Waals surface area contributed by atoms with Gasteiger partial charge in [0.15, 0.2) is 5.84 Å². The van der Waals surface area contributed by atoms with Crippen LogP contribution in [0.4, 0.5) is 0 Å². The Labute approximate surface area is 231 Å². The second-order valence-corrected chi connectivity index (χ2v) is 10.7. The van der Waals surface area contributed by atoms with Gasteiger partial charge in [-0.1, -0.05) is 54.1 Å². The van der Waals surface area contributed by atoms with Crippen LogP contribution in [0.5, 0.6) is 5.75 Å². The molecule has 4 aromatic rings. The number of benzene rings is 3. The third kappa shape index (κ3) is 4.91. The molecule has 39 heavy (non-hydrogen) atoms. The van der Waals surface area contributed by atoms with E-state index in [1.807, 2.05) is 73.8 Å². The number of aliphatic imine (C=N–C) groups is 1. The average Bonchev–Trinajstić information content (AvgIpc) is 3.48. The molecular weight excluding hydrogens is 506 g/mol. The van der Waals surface area contributed by atoms with Gasteiger partial charge in [0.2, 0.25) is 5.17 Å². The number of thioether (sulfide) groups is 1. The summed E-state index contributed by atoms with van der Waals surface area (Å²) in [6.07, 6.45) is 3.75. The number of para-hydroxylation sites is 1. The first kappa shape index (κ1) is 24.9. The molecule has 0 aliphatic carbocycles. The van der Waals surface area contributed by atoms with E-state index >= 15 is 0 Å². The molecule has 1 amide bonds. The van der Waals surface area contributed by atoms with E-state index in [4.69, 9.17) is 10.1 Å². The van der Waals surface area contributed by atoms with Gasteiger partial charge >= 0.3 is 0 Å². The van der Waals surface area contributed by atoms with E-state index in [2.05, 4.69) is 34.6 Å². The Bertz CT molecular complexity index is 1710. The van der Waals surface area contributed by atoms with Crippen molar-refractivity contribution in [1.29, 1.82) is 5.41 Å². The van der Waals surface area contributed by atoms with E-state index in [1.54, 1.807) is 6.08 Å². The van der Waals surface area contributed by atoms with Crippen LogP contribution < -0.4 is 4.74 Å². The van der Waals surface area contributed by atoms with E-state index in [9.17, 15) is 4.79 Å². The molecule has 6 rings (SSSR count). The zero-order chi connectivity index (χ0) is 27.1. The number of nitrogens with zero attached hydrogens (tertiary/aromatic N) is 4. The molecule has 0 radical (unpaired) electrons. The lowest BCUT2D eigenvalue weighted by Crippen LogP contribution is -2.35. The minimum Gasteiger partial charge on any atom is -0.492 e. The number of carbonyl (C=O) groups excluding carboxylic acids is 1. The lowest BCUT2D eigenvalue weighted by atomic mass is 10.1. The van der Waals surface area contributed by atoms with Crippen molar-refractivity contribution < 1.29 is 9.53 Å². The summed E-state index contributed by atoms with van der Waals surface area (Å²) in [7, 11) is 0. The van der Waals surface area contributed by atoms with Crippen LogP contribution in [-0.4, -0.2) is 38.1 Å². The van der Waals surface area contributed by atoms with Crippen LogP contribution in [0.3, 0.4) is 0 Å². The van der Waals surface area contributed by atoms with Crippen LogP contribution >= 0.6 is 11.8 Å². The van der Waals surface area contributed by atoms with Crippen LogP contribution in [0, 0.1) is 26.2 Å². The topological polar surface area (TPSA) is 83.0 Å². The zero-order valence-corrected chi connectivity index (χ0v) is 22.7. The number of carbonyl (C=O) groups is 1. The van der Waals surface area contributed by atoms with E-state index in [-0.39, 0.29) is 11.4 Å². The second-order valence-electron chi connectivity index (χ2n) is 9.76. The maximum absolute atomic E-state index is 13.1. The van der Waals surface area contributed by atoms with Crippen LogP contribution in [0.15, 0.2) is 88.6 Å². The van der Waals surface area contributed by atoms with E-state index in [0.29, 0.717) is 23.4 Å². The molecule has 0 atom stereocenters. The predicted octanol–water partition coefficient (Wildman–Crippen LogP) is 6.31. The van der Waals surface area contributed by atoms with Crippen LogP contribution in [0.2, 0.25) is 0 Å². The zero-order valence-electron chi connectivity index (χ0n) is 21.9. The lowest BCUT2D eigenvalue weighted by Gasteiger charge is -2.20. The molecule has 0 unspecified atom stereocenters. The van der Waals surface area contributed by atoms with Crippen molar-refractivity contribution in [3.8, 4) is 5.75 Å². The van der Waals surface area contributed by atoms with Crippen molar-refractivity contribution in [1.82, 2.24) is 9.58 Å². The van der Waals surface area contributed by atoms with Crippen molar-refractivity contribution in [2.45, 2.75) is 27.3 Å². The minimum absolute atomic E-state index is 0.0228. The lowest BCUT2D eigenvalue weighted by molar-refractivity contribution is -0.114. The van der Waals surface area contributed by atoms with Crippen LogP contribution in [0.1, 0.15) is 27.8 Å². The van der Waals surface area contributed by atoms with Gasteiger partial charge in [-0.05, 0) is 67.9 Å². The number of amides is 1. The first-order chi connectivity index (χ1) is 18.9. The van der Waals surface area contributed by atoms with Crippen LogP contribution in [-0.2, 0) is 11.3 Å². The van der Waals surface area contributed by atoms with Gasteiger partial charge in [0, 0.05) is 28.2 Å². The highest BCUT2D eigenvalue weighted by molar-refractivity contribution is 8.27. The number of nitrogens with one attached hydrogen (secondary N) is 1. The number of amidine groups is 2. The van der Waals surface area contributed by atoms with Crippen molar-refractivity contribution >= 4 is 50.7 Å². The van der Waals surface area contributed by atoms with Crippen molar-refractivity contribution in [2.24, 2.45) is 10.1 Å². The molecule has 0 saturated heterocycles. The Balaban J connectivity index is 1.27. The first-order valence-electron chi connectivity index (χ1n) is 12.7. The van der Waals surface area contributed by atoms with Gasteiger partial charge in [-0.25, -0.2) is 0 Å². The standard InChI is InChI=1S/C31H27N5O2S/c1-19-8-10-22(11-9-19)30-34-36-28(32)26(29(37)33-31(36)39-30)17-23-18-35(27-7-5-4-6-25(23)27)12-13-38-24-15-20(2)14-21(3)16-24/h4-11,14-18,32H,12-13H2,1-3H3/b26-17-,32-28?. The van der Waals surface area contributed by atoms with Crippen LogP contribution in [0.25, 0.3) is 17.0 Å². The molecule has 194 valence electrons. The number of hydrogen-bond donors (Lipinski definition) is 1. The number of ether oxygens (including phenoxy) is 1. The first-order valence-corrected chi connectivity index (χ1v) is 13.5. The molecule has 3 heterocycles. The summed E-state index contributed by atoms with van der Waals surface area (Å²) in [6, 6.07) is 22.2. The summed E-state index contributed by atoms with van der Waals surface area (Å²) in [5.74, 6) is 0.443. The largest absolute Gasteiger partial charge is 0.492 e. The SMILES string of the molecule is Cc1ccc(C2=NN3C(=N)/C(=C/c4cn(CCOc5cc(C)cc(C)c5)c5ccccc45)C(=O)N=C3S2)cc1. The molecule has 0 bridgehead atoms. The third-order valence-corrected chi connectivity index (χ3v) is 7.63. The van der Waals surface area contributed by atoms with Crippen molar-refractivity contribution in [3.63, 3.8) is 0 Å². The van der Waals surface area contributed by atoms with E-state index < -0.39 is 5.91 Å². The van der Waals surface area contributed by atoms with E-state index in [1.165, 1.54) is 27.9 Å². The predicted molar refractivity (Wildman–Crippen MR) is 159 cm³/mol. The number of aromatic nitrogens is 1. The van der Waals surface area contributed by atoms with Gasteiger partial charge in [0.1, 0.15) is 17.4 Å². The summed E-state index contributed by atoms with van der Waals surface area (Å²) >= 11 is 1.30. The fourth-order valence-corrected chi connectivity index (χ4v) is 5.71. The monoisotopic (exact) mass is 533 g/mol. The molecule has 2 aliphatic heterocycles. The molecule has 3 aromatic carbocycles. The maximum atomic E-state index is 13.1. The Morgan fingerprint density at radius 2 is 1.72 bits per heavy atom. The highest BCUT2D eigenvalue weighted by atomic mass is 32.2. The fraction of sp³-hybridized carbons (Fsp3) is 0.161. The number of aryl methyl sites for hydroxylation is 3. The smallest absolute Gasteiger partial charge is 0.283 e. The number of fused-ring (bicyclic) bond motifs is 2. The summed E-state index contributed by atoms with van der Waals surface area (Å²) in [5.41, 5.74) is 6.51. The van der Waals surface area contributed by atoms with Crippen molar-refractivity contribution in [2.75, 3.05) is 6.61 Å². The maximum Gasteiger partial charge on any atom is 0.283 e. The summed E-state index contributed by atoms with van der Waals surface area (Å²) in [4.78, 5) is 17.3. The normalized spacial score (nSPS) is 16.1. The quantitative estimate of drug-likeness (QED) is 0.294. The van der Waals surface area contributed by atoms with E-state index in [0.717, 1.165) is 33.3 Å². The van der Waals surface area contributed by atoms with Gasteiger partial charge < -0.3 is 9.30 Å². The number of hydrazone groups is 1. The molecule has 0 saturated carbocycles. The average molecular weight is 534 g/mol. The summed E-state index contributed by atoms with van der Waals surface area (Å²) in [6.45, 7) is 7.29. The Morgan fingerprint density at radius 3 is 2.49 bits per heavy atom. The highest BCUT2D eigenvalue weighted by Gasteiger charge is 2.36. The molecule has 0 spiro atoms. The Morgan fingerprint density at radius 1 is 0.974 bits per heavy atom. The molecule has 1 aromatic heterocycles. The van der Waals surface area contributed by atoms with Gasteiger partial charge in [0.25, 0.3) is 5.91 Å². The number of rotatable bonds is 6. The summed E-state index contributed by atoms with van der Waals surface area (Å²) < 4.78 is 8.17. The Kier molecular flexibility index (Phi) is 6.40.